The maximum absolute atomic E-state index is 12.5. The second-order valence-electron chi connectivity index (χ2n) is 6.85. The van der Waals surface area contributed by atoms with Gasteiger partial charge < -0.3 is 10.1 Å². The number of ether oxygens (including phenoxy) is 1. The zero-order valence-corrected chi connectivity index (χ0v) is 13.5. The molecule has 1 rings (SSSR count). The lowest BCUT2D eigenvalue weighted by Crippen LogP contribution is -2.56. The summed E-state index contributed by atoms with van der Waals surface area (Å²) in [7, 11) is 1.40. The van der Waals surface area contributed by atoms with Crippen LogP contribution < -0.4 is 5.32 Å². The molecule has 1 saturated heterocycles. The molecular weight excluding hydrogens is 256 g/mol. The zero-order chi connectivity index (χ0) is 15.5. The maximum Gasteiger partial charge on any atom is 0.323 e. The number of carbonyl (C=O) groups excluding carboxylic acids is 2. The molecule has 0 aliphatic carbocycles. The largest absolute Gasteiger partial charge is 0.468 e. The van der Waals surface area contributed by atoms with E-state index in [9.17, 15) is 9.59 Å². The number of nitrogens with one attached hydrogen (secondary N) is 1. The van der Waals surface area contributed by atoms with Gasteiger partial charge in [-0.25, -0.2) is 0 Å². The van der Waals surface area contributed by atoms with Crippen LogP contribution in [0.2, 0.25) is 0 Å². The van der Waals surface area contributed by atoms with Crippen LogP contribution in [0.1, 0.15) is 47.5 Å². The molecule has 0 aromatic heterocycles. The van der Waals surface area contributed by atoms with E-state index in [1.54, 1.807) is 0 Å². The highest BCUT2D eigenvalue weighted by atomic mass is 16.5. The summed E-state index contributed by atoms with van der Waals surface area (Å²) >= 11 is 0. The van der Waals surface area contributed by atoms with Gasteiger partial charge in [0.2, 0.25) is 5.91 Å². The first-order valence-electron chi connectivity index (χ1n) is 7.33. The Bertz CT molecular complexity index is 361. The average molecular weight is 284 g/mol. The molecule has 1 N–H and O–H groups in total. The van der Waals surface area contributed by atoms with Gasteiger partial charge in [-0.05, 0) is 46.1 Å². The maximum atomic E-state index is 12.5. The Kier molecular flexibility index (Phi) is 5.57. The second kappa shape index (κ2) is 6.57. The summed E-state index contributed by atoms with van der Waals surface area (Å²) in [5, 5.41) is 3.02. The van der Waals surface area contributed by atoms with Gasteiger partial charge in [-0.15, -0.1) is 0 Å². The number of amides is 1. The number of carbonyl (C=O) groups is 2. The van der Waals surface area contributed by atoms with Crippen LogP contribution in [-0.4, -0.2) is 48.1 Å². The zero-order valence-electron chi connectivity index (χ0n) is 13.5. The molecule has 1 aliphatic rings. The molecular formula is C15H28N2O3. The van der Waals surface area contributed by atoms with Crippen molar-refractivity contribution in [2.45, 2.75) is 65.1 Å². The highest BCUT2D eigenvalue weighted by molar-refractivity contribution is 5.84. The van der Waals surface area contributed by atoms with E-state index in [1.807, 2.05) is 39.5 Å². The summed E-state index contributed by atoms with van der Waals surface area (Å²) in [6, 6.07) is -0.584. The SMILES string of the molecule is COC(=O)[C@@H]1CCCN1[C@H](C(=O)NC(C)(C)C)C(C)C. The fourth-order valence-corrected chi connectivity index (χ4v) is 2.79. The van der Waals surface area contributed by atoms with E-state index in [-0.39, 0.29) is 35.4 Å². The Morgan fingerprint density at radius 2 is 1.90 bits per heavy atom. The third-order valence-electron chi connectivity index (χ3n) is 3.52. The molecule has 20 heavy (non-hydrogen) atoms. The third-order valence-corrected chi connectivity index (χ3v) is 3.52. The number of esters is 1. The molecule has 0 aromatic carbocycles. The predicted octanol–water partition coefficient (Wildman–Crippen LogP) is 1.56. The van der Waals surface area contributed by atoms with Crippen molar-refractivity contribution >= 4 is 11.9 Å². The van der Waals surface area contributed by atoms with E-state index >= 15 is 0 Å². The molecule has 5 heteroatoms. The van der Waals surface area contributed by atoms with Gasteiger partial charge in [-0.3, -0.25) is 14.5 Å². The highest BCUT2D eigenvalue weighted by Crippen LogP contribution is 2.25. The molecule has 116 valence electrons. The van der Waals surface area contributed by atoms with Crippen LogP contribution in [0.4, 0.5) is 0 Å². The van der Waals surface area contributed by atoms with E-state index in [2.05, 4.69) is 5.32 Å². The Labute approximate surface area is 122 Å². The molecule has 0 unspecified atom stereocenters. The van der Waals surface area contributed by atoms with Crippen LogP contribution in [-0.2, 0) is 14.3 Å². The van der Waals surface area contributed by atoms with E-state index in [4.69, 9.17) is 4.74 Å². The molecule has 1 amide bonds. The van der Waals surface area contributed by atoms with Crippen molar-refractivity contribution in [2.75, 3.05) is 13.7 Å². The number of hydrogen-bond acceptors (Lipinski definition) is 4. The molecule has 0 saturated carbocycles. The molecule has 1 heterocycles. The van der Waals surface area contributed by atoms with Gasteiger partial charge in [-0.1, -0.05) is 13.8 Å². The average Bonchev–Trinajstić information content (AvgIpc) is 2.74. The molecule has 1 fully saturated rings. The van der Waals surface area contributed by atoms with E-state index < -0.39 is 0 Å². The number of hydrogen-bond donors (Lipinski definition) is 1. The molecule has 0 aromatic rings. The minimum Gasteiger partial charge on any atom is -0.468 e. The Morgan fingerprint density at radius 3 is 2.35 bits per heavy atom. The van der Waals surface area contributed by atoms with Gasteiger partial charge in [0.05, 0.1) is 13.2 Å². The lowest BCUT2D eigenvalue weighted by atomic mass is 9.98. The fraction of sp³-hybridized carbons (Fsp3) is 0.867. The van der Waals surface area contributed by atoms with Crippen LogP contribution >= 0.6 is 0 Å². The lowest BCUT2D eigenvalue weighted by molar-refractivity contribution is -0.148. The topological polar surface area (TPSA) is 58.6 Å². The van der Waals surface area contributed by atoms with E-state index in [0.717, 1.165) is 19.4 Å². The Balaban J connectivity index is 2.90. The quantitative estimate of drug-likeness (QED) is 0.796. The molecule has 2 atom stereocenters. The van der Waals surface area contributed by atoms with Crippen LogP contribution in [0.25, 0.3) is 0 Å². The Morgan fingerprint density at radius 1 is 1.30 bits per heavy atom. The van der Waals surface area contributed by atoms with Crippen LogP contribution in [0.5, 0.6) is 0 Å². The first-order chi connectivity index (χ1) is 9.17. The number of rotatable bonds is 4. The molecule has 0 radical (unpaired) electrons. The number of methoxy groups -OCH3 is 1. The molecule has 0 spiro atoms. The van der Waals surface area contributed by atoms with Gasteiger partial charge in [0.25, 0.3) is 0 Å². The molecule has 1 aliphatic heterocycles. The van der Waals surface area contributed by atoms with E-state index in [1.165, 1.54) is 7.11 Å². The smallest absolute Gasteiger partial charge is 0.323 e. The minimum absolute atomic E-state index is 0.0108. The minimum atomic E-state index is -0.293. The van der Waals surface area contributed by atoms with Gasteiger partial charge in [-0.2, -0.15) is 0 Å². The van der Waals surface area contributed by atoms with E-state index in [0.29, 0.717) is 0 Å². The predicted molar refractivity (Wildman–Crippen MR) is 78.3 cm³/mol. The normalized spacial score (nSPS) is 21.9. The molecule has 5 nitrogen and oxygen atoms in total. The van der Waals surface area contributed by atoms with Crippen molar-refractivity contribution in [1.29, 1.82) is 0 Å². The van der Waals surface area contributed by atoms with Crippen LogP contribution in [0.15, 0.2) is 0 Å². The highest BCUT2D eigenvalue weighted by Gasteiger charge is 2.41. The number of likely N-dealkylation sites (tertiary alicyclic amines) is 1. The molecule has 0 bridgehead atoms. The summed E-state index contributed by atoms with van der Waals surface area (Å²) in [6.07, 6.45) is 1.68. The first-order valence-corrected chi connectivity index (χ1v) is 7.33. The van der Waals surface area contributed by atoms with Crippen molar-refractivity contribution in [3.63, 3.8) is 0 Å². The van der Waals surface area contributed by atoms with Gasteiger partial charge in [0.15, 0.2) is 0 Å². The van der Waals surface area contributed by atoms with Crippen LogP contribution in [0.3, 0.4) is 0 Å². The Hall–Kier alpha value is -1.10. The monoisotopic (exact) mass is 284 g/mol. The second-order valence-corrected chi connectivity index (χ2v) is 6.85. The third kappa shape index (κ3) is 4.20. The standard InChI is InChI=1S/C15H28N2O3/c1-10(2)12(13(18)16-15(3,4)5)17-9-7-8-11(17)14(19)20-6/h10-12H,7-9H2,1-6H3,(H,16,18)/t11-,12-/m0/s1. The van der Waals surface area contributed by atoms with Crippen molar-refractivity contribution in [3.05, 3.63) is 0 Å². The van der Waals surface area contributed by atoms with Crippen molar-refractivity contribution < 1.29 is 14.3 Å². The van der Waals surface area contributed by atoms with Crippen molar-refractivity contribution in [1.82, 2.24) is 10.2 Å². The van der Waals surface area contributed by atoms with Crippen molar-refractivity contribution in [2.24, 2.45) is 5.92 Å². The van der Waals surface area contributed by atoms with Gasteiger partial charge >= 0.3 is 5.97 Å². The lowest BCUT2D eigenvalue weighted by Gasteiger charge is -2.35. The summed E-state index contributed by atoms with van der Waals surface area (Å²) in [5.74, 6) is -0.109. The summed E-state index contributed by atoms with van der Waals surface area (Å²) < 4.78 is 4.86. The fourth-order valence-electron chi connectivity index (χ4n) is 2.79. The first kappa shape index (κ1) is 17.0. The summed E-state index contributed by atoms with van der Waals surface area (Å²) in [4.78, 5) is 26.4. The van der Waals surface area contributed by atoms with Crippen LogP contribution in [0, 0.1) is 5.92 Å². The van der Waals surface area contributed by atoms with Crippen molar-refractivity contribution in [3.8, 4) is 0 Å². The summed E-state index contributed by atoms with van der Waals surface area (Å²) in [5.41, 5.74) is -0.273. The van der Waals surface area contributed by atoms with Gasteiger partial charge in [0.1, 0.15) is 6.04 Å². The number of nitrogens with zero attached hydrogens (tertiary/aromatic N) is 1. The van der Waals surface area contributed by atoms with Gasteiger partial charge in [0, 0.05) is 5.54 Å². The summed E-state index contributed by atoms with van der Waals surface area (Å²) in [6.45, 7) is 10.7.